The van der Waals surface area contributed by atoms with Crippen LogP contribution in [0.25, 0.3) is 11.3 Å². The van der Waals surface area contributed by atoms with Crippen LogP contribution in [0.5, 0.6) is 0 Å². The Morgan fingerprint density at radius 3 is 2.65 bits per heavy atom. The van der Waals surface area contributed by atoms with Crippen LogP contribution < -0.4 is 5.32 Å². The summed E-state index contributed by atoms with van der Waals surface area (Å²) in [6, 6.07) is 8.94. The highest BCUT2D eigenvalue weighted by Gasteiger charge is 2.23. The van der Waals surface area contributed by atoms with Crippen LogP contribution in [0.4, 0.5) is 0 Å². The van der Waals surface area contributed by atoms with Crippen molar-refractivity contribution in [2.45, 2.75) is 37.6 Å². The topological polar surface area (TPSA) is 40.7 Å². The van der Waals surface area contributed by atoms with E-state index in [0.29, 0.717) is 12.0 Å². The number of aromatic nitrogens is 2. The highest BCUT2D eigenvalue weighted by molar-refractivity contribution is 9.10. The van der Waals surface area contributed by atoms with Crippen molar-refractivity contribution in [3.8, 4) is 11.3 Å². The van der Waals surface area contributed by atoms with Crippen LogP contribution in [0.1, 0.15) is 37.4 Å². The predicted molar refractivity (Wildman–Crippen MR) is 85.8 cm³/mol. The Labute approximate surface area is 128 Å². The molecular formula is C16H20BrN3. The van der Waals surface area contributed by atoms with Gasteiger partial charge in [-0.3, -0.25) is 0 Å². The maximum Gasteiger partial charge on any atom is 0.109 e. The van der Waals surface area contributed by atoms with E-state index in [4.69, 9.17) is 0 Å². The number of halogens is 1. The third-order valence-electron chi connectivity index (χ3n) is 4.28. The van der Waals surface area contributed by atoms with E-state index in [1.165, 1.54) is 31.2 Å². The molecule has 0 atom stereocenters. The summed E-state index contributed by atoms with van der Waals surface area (Å²) in [5, 5.41) is 3.38. The zero-order chi connectivity index (χ0) is 13.9. The number of nitrogens with zero attached hydrogens (tertiary/aromatic N) is 1. The first kappa shape index (κ1) is 13.8. The van der Waals surface area contributed by atoms with Gasteiger partial charge >= 0.3 is 0 Å². The monoisotopic (exact) mass is 333 g/mol. The zero-order valence-electron chi connectivity index (χ0n) is 11.7. The van der Waals surface area contributed by atoms with Gasteiger partial charge in [0.2, 0.25) is 0 Å². The number of imidazole rings is 1. The van der Waals surface area contributed by atoms with E-state index in [-0.39, 0.29) is 0 Å². The molecule has 2 N–H and O–H groups in total. The van der Waals surface area contributed by atoms with Crippen LogP contribution >= 0.6 is 15.9 Å². The average molecular weight is 334 g/mol. The predicted octanol–water partition coefficient (Wildman–Crippen LogP) is 4.08. The Hall–Kier alpha value is -1.13. The molecule has 20 heavy (non-hydrogen) atoms. The molecule has 0 bridgehead atoms. The Bertz CT molecular complexity index is 571. The first-order chi connectivity index (χ1) is 9.78. The largest absolute Gasteiger partial charge is 0.342 e. The molecule has 1 heterocycles. The fraction of sp³-hybridized carbons (Fsp3) is 0.438. The molecule has 0 saturated heterocycles. The van der Waals surface area contributed by atoms with E-state index in [0.717, 1.165) is 16.0 Å². The summed E-state index contributed by atoms with van der Waals surface area (Å²) in [7, 11) is 2.06. The van der Waals surface area contributed by atoms with Gasteiger partial charge in [-0.15, -0.1) is 0 Å². The summed E-state index contributed by atoms with van der Waals surface area (Å²) < 4.78 is 1.11. The van der Waals surface area contributed by atoms with Crippen molar-refractivity contribution in [2.75, 3.05) is 7.05 Å². The lowest BCUT2D eigenvalue weighted by Gasteiger charge is -2.26. The maximum atomic E-state index is 4.61. The molecule has 1 aromatic heterocycles. The van der Waals surface area contributed by atoms with Crippen LogP contribution in [0, 0.1) is 0 Å². The molecule has 4 heteroatoms. The Kier molecular flexibility index (Phi) is 4.22. The SMILES string of the molecule is CNC1CCC(c2ncc(-c3ccccc3Br)[nH]2)CC1. The van der Waals surface area contributed by atoms with Gasteiger partial charge in [0.15, 0.2) is 0 Å². The molecule has 106 valence electrons. The van der Waals surface area contributed by atoms with Crippen LogP contribution in [-0.4, -0.2) is 23.1 Å². The summed E-state index contributed by atoms with van der Waals surface area (Å²) in [6.07, 6.45) is 6.88. The minimum atomic E-state index is 0.579. The fourth-order valence-corrected chi connectivity index (χ4v) is 3.51. The normalized spacial score (nSPS) is 22.9. The number of aromatic amines is 1. The summed E-state index contributed by atoms with van der Waals surface area (Å²) in [5.74, 6) is 1.72. The number of nitrogens with one attached hydrogen (secondary N) is 2. The second kappa shape index (κ2) is 6.10. The molecule has 3 rings (SSSR count). The van der Waals surface area contributed by atoms with Crippen LogP contribution in [-0.2, 0) is 0 Å². The molecule has 2 aromatic rings. The molecular weight excluding hydrogens is 314 g/mol. The van der Waals surface area contributed by atoms with Crippen molar-refractivity contribution in [1.82, 2.24) is 15.3 Å². The summed E-state index contributed by atoms with van der Waals surface area (Å²) >= 11 is 3.60. The van der Waals surface area contributed by atoms with E-state index >= 15 is 0 Å². The van der Waals surface area contributed by atoms with Gasteiger partial charge in [-0.2, -0.15) is 0 Å². The average Bonchev–Trinajstić information content (AvgIpc) is 2.97. The molecule has 0 amide bonds. The van der Waals surface area contributed by atoms with Gasteiger partial charge in [0.05, 0.1) is 11.9 Å². The quantitative estimate of drug-likeness (QED) is 0.888. The van der Waals surface area contributed by atoms with Gasteiger partial charge in [0, 0.05) is 22.0 Å². The van der Waals surface area contributed by atoms with Crippen LogP contribution in [0.2, 0.25) is 0 Å². The van der Waals surface area contributed by atoms with Gasteiger partial charge in [-0.05, 0) is 38.8 Å². The van der Waals surface area contributed by atoms with Gasteiger partial charge < -0.3 is 10.3 Å². The zero-order valence-corrected chi connectivity index (χ0v) is 13.3. The molecule has 0 aliphatic heterocycles. The van der Waals surface area contributed by atoms with Crippen molar-refractivity contribution >= 4 is 15.9 Å². The number of H-pyrrole nitrogens is 1. The van der Waals surface area contributed by atoms with Crippen LogP contribution in [0.3, 0.4) is 0 Å². The number of benzene rings is 1. The van der Waals surface area contributed by atoms with Crippen molar-refractivity contribution in [3.05, 3.63) is 40.8 Å². The van der Waals surface area contributed by atoms with Crippen molar-refractivity contribution in [1.29, 1.82) is 0 Å². The Balaban J connectivity index is 1.76. The lowest BCUT2D eigenvalue weighted by Crippen LogP contribution is -2.29. The van der Waals surface area contributed by atoms with Crippen molar-refractivity contribution < 1.29 is 0 Å². The highest BCUT2D eigenvalue weighted by atomic mass is 79.9. The molecule has 1 aromatic carbocycles. The minimum Gasteiger partial charge on any atom is -0.342 e. The molecule has 0 unspecified atom stereocenters. The lowest BCUT2D eigenvalue weighted by atomic mass is 9.86. The van der Waals surface area contributed by atoms with Crippen molar-refractivity contribution in [3.63, 3.8) is 0 Å². The number of hydrogen-bond acceptors (Lipinski definition) is 2. The number of rotatable bonds is 3. The molecule has 1 aliphatic rings. The molecule has 0 radical (unpaired) electrons. The van der Waals surface area contributed by atoms with Gasteiger partial charge in [-0.1, -0.05) is 34.1 Å². The Morgan fingerprint density at radius 1 is 1.20 bits per heavy atom. The van der Waals surface area contributed by atoms with E-state index in [9.17, 15) is 0 Å². The summed E-state index contributed by atoms with van der Waals surface area (Å²) in [5.41, 5.74) is 2.28. The third kappa shape index (κ3) is 2.81. The second-order valence-electron chi connectivity index (χ2n) is 5.50. The molecule has 1 fully saturated rings. The number of hydrogen-bond donors (Lipinski definition) is 2. The Morgan fingerprint density at radius 2 is 1.95 bits per heavy atom. The first-order valence-electron chi connectivity index (χ1n) is 7.25. The van der Waals surface area contributed by atoms with E-state index in [1.807, 2.05) is 12.3 Å². The lowest BCUT2D eigenvalue weighted by molar-refractivity contribution is 0.352. The van der Waals surface area contributed by atoms with Crippen LogP contribution in [0.15, 0.2) is 34.9 Å². The van der Waals surface area contributed by atoms with Gasteiger partial charge in [-0.25, -0.2) is 4.98 Å². The molecule has 3 nitrogen and oxygen atoms in total. The third-order valence-corrected chi connectivity index (χ3v) is 4.97. The minimum absolute atomic E-state index is 0.579. The van der Waals surface area contributed by atoms with E-state index in [1.54, 1.807) is 0 Å². The summed E-state index contributed by atoms with van der Waals surface area (Å²) in [4.78, 5) is 8.12. The summed E-state index contributed by atoms with van der Waals surface area (Å²) in [6.45, 7) is 0. The maximum absolute atomic E-state index is 4.61. The molecule has 1 aliphatic carbocycles. The standard InChI is InChI=1S/C16H20BrN3/c1-18-12-8-6-11(7-9-12)16-19-10-15(20-16)13-4-2-3-5-14(13)17/h2-5,10-12,18H,6-9H2,1H3,(H,19,20). The smallest absolute Gasteiger partial charge is 0.109 e. The fourth-order valence-electron chi connectivity index (χ4n) is 3.02. The second-order valence-corrected chi connectivity index (χ2v) is 6.35. The first-order valence-corrected chi connectivity index (χ1v) is 8.04. The molecule has 0 spiro atoms. The van der Waals surface area contributed by atoms with Gasteiger partial charge in [0.25, 0.3) is 0 Å². The van der Waals surface area contributed by atoms with Crippen molar-refractivity contribution in [2.24, 2.45) is 0 Å². The van der Waals surface area contributed by atoms with Gasteiger partial charge in [0.1, 0.15) is 5.82 Å². The highest BCUT2D eigenvalue weighted by Crippen LogP contribution is 2.33. The molecule has 1 saturated carbocycles. The van der Waals surface area contributed by atoms with E-state index in [2.05, 4.69) is 56.5 Å². The van der Waals surface area contributed by atoms with E-state index < -0.39 is 0 Å².